The minimum absolute atomic E-state index is 0.0313. The van der Waals surface area contributed by atoms with Crippen LogP contribution in [0.3, 0.4) is 0 Å². The van der Waals surface area contributed by atoms with Crippen molar-refractivity contribution >= 4 is 23.5 Å². The molecule has 2 fully saturated rings. The first-order chi connectivity index (χ1) is 16.7. The third-order valence-corrected chi connectivity index (χ3v) is 6.35. The van der Waals surface area contributed by atoms with Gasteiger partial charge in [-0.05, 0) is 30.7 Å². The van der Waals surface area contributed by atoms with Crippen LogP contribution in [0.4, 0.5) is 13.2 Å². The fraction of sp³-hybridized carbons (Fsp3) is 0.348. The van der Waals surface area contributed by atoms with Crippen LogP contribution in [0, 0.1) is 34.7 Å². The van der Waals surface area contributed by atoms with Gasteiger partial charge >= 0.3 is 5.97 Å². The van der Waals surface area contributed by atoms with Gasteiger partial charge in [-0.1, -0.05) is 11.6 Å². The van der Waals surface area contributed by atoms with Gasteiger partial charge in [-0.15, -0.1) is 0 Å². The second kappa shape index (κ2) is 10.1. The lowest BCUT2D eigenvalue weighted by molar-refractivity contribution is -0.142. The molecule has 2 heterocycles. The third-order valence-electron chi connectivity index (χ3n) is 6.12. The van der Waals surface area contributed by atoms with Gasteiger partial charge in [-0.3, -0.25) is 10.1 Å². The molecular weight excluding hydrogens is 489 g/mol. The normalized spacial score (nSPS) is 21.9. The molecule has 1 amide bonds. The summed E-state index contributed by atoms with van der Waals surface area (Å²) in [5.74, 6) is -7.52. The number of carboxylic acid groups (broad SMARTS) is 1. The maximum absolute atomic E-state index is 14.6. The SMILES string of the molecule is N#CC1CC2C(=O)N(CCOc3ccc(Cl)cc3-c3cc(C(=O)O)c(F)c(F)c3F)CNC2CN1. The maximum atomic E-state index is 14.6. The summed E-state index contributed by atoms with van der Waals surface area (Å²) < 4.78 is 48.3. The number of aromatic carboxylic acids is 1. The quantitative estimate of drug-likeness (QED) is 0.514. The van der Waals surface area contributed by atoms with Crippen LogP contribution in [-0.4, -0.2) is 60.3 Å². The Morgan fingerprint density at radius 3 is 2.69 bits per heavy atom. The van der Waals surface area contributed by atoms with E-state index >= 15 is 0 Å². The number of carboxylic acids is 1. The molecule has 2 aromatic rings. The van der Waals surface area contributed by atoms with Crippen LogP contribution in [-0.2, 0) is 4.79 Å². The van der Waals surface area contributed by atoms with E-state index in [0.29, 0.717) is 19.0 Å². The van der Waals surface area contributed by atoms with Crippen LogP contribution >= 0.6 is 11.6 Å². The lowest BCUT2D eigenvalue weighted by atomic mass is 9.86. The van der Waals surface area contributed by atoms with Crippen LogP contribution in [0.2, 0.25) is 5.02 Å². The molecule has 0 aliphatic carbocycles. The Morgan fingerprint density at radius 1 is 1.20 bits per heavy atom. The molecule has 0 spiro atoms. The van der Waals surface area contributed by atoms with Crippen molar-refractivity contribution < 1.29 is 32.6 Å². The summed E-state index contributed by atoms with van der Waals surface area (Å²) in [6.07, 6.45) is 0.382. The van der Waals surface area contributed by atoms with Gasteiger partial charge in [0.1, 0.15) is 12.4 Å². The predicted molar refractivity (Wildman–Crippen MR) is 118 cm³/mol. The lowest BCUT2D eigenvalue weighted by Gasteiger charge is -2.42. The van der Waals surface area contributed by atoms with E-state index in [2.05, 4.69) is 16.7 Å². The Labute approximate surface area is 203 Å². The van der Waals surface area contributed by atoms with E-state index in [9.17, 15) is 22.8 Å². The van der Waals surface area contributed by atoms with Crippen molar-refractivity contribution in [3.05, 3.63) is 52.3 Å². The maximum Gasteiger partial charge on any atom is 0.338 e. The highest BCUT2D eigenvalue weighted by Gasteiger charge is 2.40. The molecule has 35 heavy (non-hydrogen) atoms. The minimum Gasteiger partial charge on any atom is -0.491 e. The minimum atomic E-state index is -1.93. The molecule has 0 bridgehead atoms. The zero-order chi connectivity index (χ0) is 25.3. The number of ether oxygens (including phenoxy) is 1. The summed E-state index contributed by atoms with van der Waals surface area (Å²) in [6.45, 7) is 0.902. The number of carbonyl (C=O) groups excluding carboxylic acids is 1. The zero-order valence-electron chi connectivity index (χ0n) is 18.2. The number of nitrogens with one attached hydrogen (secondary N) is 2. The summed E-state index contributed by atoms with van der Waals surface area (Å²) >= 11 is 6.00. The van der Waals surface area contributed by atoms with Crippen molar-refractivity contribution in [2.45, 2.75) is 18.5 Å². The van der Waals surface area contributed by atoms with Gasteiger partial charge in [-0.2, -0.15) is 5.26 Å². The smallest absolute Gasteiger partial charge is 0.338 e. The van der Waals surface area contributed by atoms with Crippen LogP contribution in [0.1, 0.15) is 16.8 Å². The molecule has 2 aromatic carbocycles. The highest BCUT2D eigenvalue weighted by molar-refractivity contribution is 6.31. The van der Waals surface area contributed by atoms with Crippen molar-refractivity contribution in [1.29, 1.82) is 5.26 Å². The van der Waals surface area contributed by atoms with Gasteiger partial charge in [0.15, 0.2) is 17.5 Å². The van der Waals surface area contributed by atoms with E-state index in [1.807, 2.05) is 0 Å². The number of carbonyl (C=O) groups is 2. The topological polar surface area (TPSA) is 115 Å². The first kappa shape index (κ1) is 24.8. The first-order valence-corrected chi connectivity index (χ1v) is 11.1. The van der Waals surface area contributed by atoms with Crippen molar-refractivity contribution in [2.24, 2.45) is 5.92 Å². The molecule has 3 unspecified atom stereocenters. The van der Waals surface area contributed by atoms with Gasteiger partial charge < -0.3 is 20.1 Å². The van der Waals surface area contributed by atoms with Gasteiger partial charge in [0.2, 0.25) is 5.91 Å². The highest BCUT2D eigenvalue weighted by atomic mass is 35.5. The standard InChI is InChI=1S/C23H20ClF3N4O4/c24-11-1-2-18(13(5-11)14-7-16(23(33)34)20(26)21(27)19(14)25)35-4-3-31-10-30-17-9-29-12(8-28)6-15(17)22(31)32/h1-2,5,7,12,15,17,29-30H,3-4,6,9-10H2,(H,33,34). The highest BCUT2D eigenvalue weighted by Crippen LogP contribution is 2.36. The number of benzene rings is 2. The number of hydrogen-bond donors (Lipinski definition) is 3. The van der Waals surface area contributed by atoms with Crippen molar-refractivity contribution in [3.63, 3.8) is 0 Å². The van der Waals surface area contributed by atoms with Crippen LogP contribution in [0.15, 0.2) is 24.3 Å². The zero-order valence-corrected chi connectivity index (χ0v) is 18.9. The molecule has 2 aliphatic rings. The lowest BCUT2D eigenvalue weighted by Crippen LogP contribution is -2.64. The fourth-order valence-corrected chi connectivity index (χ4v) is 4.46. The average Bonchev–Trinajstić information content (AvgIpc) is 2.84. The Balaban J connectivity index is 1.52. The van der Waals surface area contributed by atoms with Crippen LogP contribution in [0.5, 0.6) is 5.75 Å². The van der Waals surface area contributed by atoms with Gasteiger partial charge in [0, 0.05) is 28.7 Å². The van der Waals surface area contributed by atoms with Crippen LogP contribution in [0.25, 0.3) is 11.1 Å². The number of rotatable bonds is 6. The van der Waals surface area contributed by atoms with Gasteiger partial charge in [0.05, 0.1) is 36.8 Å². The molecule has 0 saturated carbocycles. The van der Waals surface area contributed by atoms with Crippen LogP contribution < -0.4 is 15.4 Å². The Morgan fingerprint density at radius 2 is 1.97 bits per heavy atom. The molecule has 4 rings (SSSR count). The Hall–Kier alpha value is -3.33. The molecular formula is C23H20ClF3N4O4. The fourth-order valence-electron chi connectivity index (χ4n) is 4.29. The second-order valence-corrected chi connectivity index (χ2v) is 8.65. The summed E-state index contributed by atoms with van der Waals surface area (Å²) in [5, 5.41) is 24.8. The van der Waals surface area contributed by atoms with Crippen molar-refractivity contribution in [1.82, 2.24) is 15.5 Å². The molecule has 12 heteroatoms. The molecule has 0 radical (unpaired) electrons. The number of halogens is 4. The summed E-state index contributed by atoms with van der Waals surface area (Å²) in [4.78, 5) is 25.7. The molecule has 3 atom stereocenters. The number of hydrogen-bond acceptors (Lipinski definition) is 6. The molecule has 184 valence electrons. The third kappa shape index (κ3) is 4.91. The van der Waals surface area contributed by atoms with E-state index in [-0.39, 0.29) is 54.0 Å². The summed E-state index contributed by atoms with van der Waals surface area (Å²) in [5.41, 5.74) is -1.65. The first-order valence-electron chi connectivity index (χ1n) is 10.7. The van der Waals surface area contributed by atoms with E-state index in [1.54, 1.807) is 0 Å². The van der Waals surface area contributed by atoms with E-state index in [0.717, 1.165) is 0 Å². The molecule has 8 nitrogen and oxygen atoms in total. The number of piperidine rings is 1. The van der Waals surface area contributed by atoms with E-state index in [1.165, 1.54) is 23.1 Å². The van der Waals surface area contributed by atoms with Crippen molar-refractivity contribution in [2.75, 3.05) is 26.4 Å². The predicted octanol–water partition coefficient (Wildman–Crippen LogP) is 2.76. The van der Waals surface area contributed by atoms with Gasteiger partial charge in [0.25, 0.3) is 0 Å². The molecule has 0 aromatic heterocycles. The second-order valence-electron chi connectivity index (χ2n) is 8.21. The number of amides is 1. The number of fused-ring (bicyclic) bond motifs is 1. The monoisotopic (exact) mass is 508 g/mol. The largest absolute Gasteiger partial charge is 0.491 e. The van der Waals surface area contributed by atoms with Gasteiger partial charge in [-0.25, -0.2) is 18.0 Å². The molecule has 2 saturated heterocycles. The molecule has 3 N–H and O–H groups in total. The van der Waals surface area contributed by atoms with E-state index in [4.69, 9.17) is 26.7 Å². The van der Waals surface area contributed by atoms with E-state index < -0.39 is 40.6 Å². The summed E-state index contributed by atoms with van der Waals surface area (Å²) in [6, 6.07) is 6.38. The Bertz CT molecular complexity index is 1220. The average molecular weight is 509 g/mol. The van der Waals surface area contributed by atoms with Crippen molar-refractivity contribution in [3.8, 4) is 22.9 Å². The Kier molecular flexibility index (Phi) is 7.16. The molecule has 2 aliphatic heterocycles. The number of nitriles is 1. The summed E-state index contributed by atoms with van der Waals surface area (Å²) in [7, 11) is 0. The number of nitrogens with zero attached hydrogens (tertiary/aromatic N) is 2.